The first-order valence-electron chi connectivity index (χ1n) is 9.77. The highest BCUT2D eigenvalue weighted by Gasteiger charge is 2.34. The van der Waals surface area contributed by atoms with Gasteiger partial charge in [-0.1, -0.05) is 30.3 Å². The molecule has 0 saturated carbocycles. The Morgan fingerprint density at radius 2 is 1.69 bits per heavy atom. The molecule has 2 aliphatic rings. The van der Waals surface area contributed by atoms with E-state index in [-0.39, 0.29) is 30.5 Å². The molecule has 150 valence electrons. The quantitative estimate of drug-likeness (QED) is 0.843. The van der Waals surface area contributed by atoms with Crippen LogP contribution < -0.4 is 9.80 Å². The van der Waals surface area contributed by atoms with Crippen molar-refractivity contribution in [3.05, 3.63) is 59.7 Å². The number of hydrogen-bond acceptors (Lipinski definition) is 4. The highest BCUT2D eigenvalue weighted by molar-refractivity contribution is 6.12. The van der Waals surface area contributed by atoms with Crippen LogP contribution in [0.4, 0.5) is 11.4 Å². The fourth-order valence-corrected chi connectivity index (χ4v) is 3.92. The van der Waals surface area contributed by atoms with Crippen LogP contribution in [-0.4, -0.2) is 54.0 Å². The summed E-state index contributed by atoms with van der Waals surface area (Å²) < 4.78 is 0. The van der Waals surface area contributed by atoms with E-state index in [2.05, 4.69) is 4.90 Å². The average Bonchev–Trinajstić information content (AvgIpc) is 3.23. The lowest BCUT2D eigenvalue weighted by molar-refractivity contribution is -0.123. The van der Waals surface area contributed by atoms with Gasteiger partial charge in [-0.3, -0.25) is 19.4 Å². The lowest BCUT2D eigenvalue weighted by atomic mass is 10.1. The Morgan fingerprint density at radius 3 is 2.38 bits per heavy atom. The van der Waals surface area contributed by atoms with Crippen molar-refractivity contribution in [3.63, 3.8) is 0 Å². The first-order valence-corrected chi connectivity index (χ1v) is 9.77. The summed E-state index contributed by atoms with van der Waals surface area (Å²) in [5.74, 6) is -1.42. The molecule has 1 fully saturated rings. The van der Waals surface area contributed by atoms with Gasteiger partial charge in [0.1, 0.15) is 6.54 Å². The second-order valence-corrected chi connectivity index (χ2v) is 7.44. The van der Waals surface area contributed by atoms with Gasteiger partial charge >= 0.3 is 5.97 Å². The summed E-state index contributed by atoms with van der Waals surface area (Å²) in [5, 5.41) is 9.40. The van der Waals surface area contributed by atoms with Gasteiger partial charge in [-0.05, 0) is 49.7 Å². The molecular weight excluding hydrogens is 370 g/mol. The number of carbonyl (C=O) groups excluding carboxylic acids is 2. The summed E-state index contributed by atoms with van der Waals surface area (Å²) in [4.78, 5) is 42.5. The molecule has 0 unspecified atom stereocenters. The van der Waals surface area contributed by atoms with Gasteiger partial charge in [-0.25, -0.2) is 4.79 Å². The maximum absolute atomic E-state index is 13.0. The van der Waals surface area contributed by atoms with Crippen LogP contribution in [0.3, 0.4) is 0 Å². The van der Waals surface area contributed by atoms with Crippen LogP contribution in [0.2, 0.25) is 0 Å². The standard InChI is InChI=1S/C22H23N3O4/c26-20(14-23-10-4-5-11-23)25-15-21(27)24(13-16-6-2-1-3-7-16)18-9-8-17(22(28)29)12-19(18)25/h1-3,6-9,12H,4-5,10-11,13-15H2,(H,28,29). The number of anilines is 2. The smallest absolute Gasteiger partial charge is 0.335 e. The van der Waals surface area contributed by atoms with Gasteiger partial charge in [0.2, 0.25) is 11.8 Å². The first-order chi connectivity index (χ1) is 14.0. The van der Waals surface area contributed by atoms with Crippen LogP contribution in [0.15, 0.2) is 48.5 Å². The highest BCUT2D eigenvalue weighted by Crippen LogP contribution is 2.36. The van der Waals surface area contributed by atoms with E-state index in [0.29, 0.717) is 17.9 Å². The largest absolute Gasteiger partial charge is 0.478 e. The number of carboxylic acid groups (broad SMARTS) is 1. The summed E-state index contributed by atoms with van der Waals surface area (Å²) in [6.45, 7) is 2.26. The molecule has 2 aromatic carbocycles. The monoisotopic (exact) mass is 393 g/mol. The summed E-state index contributed by atoms with van der Waals surface area (Å²) in [5.41, 5.74) is 2.09. The molecule has 0 aromatic heterocycles. The van der Waals surface area contributed by atoms with Crippen LogP contribution in [0.25, 0.3) is 0 Å². The molecule has 2 aliphatic heterocycles. The predicted molar refractivity (Wildman–Crippen MR) is 109 cm³/mol. The van der Waals surface area contributed by atoms with Crippen molar-refractivity contribution in [2.45, 2.75) is 19.4 Å². The summed E-state index contributed by atoms with van der Waals surface area (Å²) in [7, 11) is 0. The number of likely N-dealkylation sites (tertiary alicyclic amines) is 1. The number of rotatable bonds is 5. The number of nitrogens with zero attached hydrogens (tertiary/aromatic N) is 3. The lowest BCUT2D eigenvalue weighted by Crippen LogP contribution is -2.50. The van der Waals surface area contributed by atoms with Gasteiger partial charge in [-0.2, -0.15) is 0 Å². The van der Waals surface area contributed by atoms with E-state index in [1.165, 1.54) is 17.0 Å². The Bertz CT molecular complexity index is 938. The average molecular weight is 393 g/mol. The van der Waals surface area contributed by atoms with E-state index in [4.69, 9.17) is 0 Å². The molecular formula is C22H23N3O4. The number of aromatic carboxylic acids is 1. The van der Waals surface area contributed by atoms with Crippen molar-refractivity contribution in [1.29, 1.82) is 0 Å². The normalized spacial score (nSPS) is 16.8. The molecule has 2 amide bonds. The summed E-state index contributed by atoms with van der Waals surface area (Å²) >= 11 is 0. The second-order valence-electron chi connectivity index (χ2n) is 7.44. The molecule has 1 N–H and O–H groups in total. The third-order valence-corrected chi connectivity index (χ3v) is 5.44. The zero-order valence-corrected chi connectivity index (χ0v) is 16.1. The van der Waals surface area contributed by atoms with E-state index in [1.54, 1.807) is 11.0 Å². The number of hydrogen-bond donors (Lipinski definition) is 1. The number of benzene rings is 2. The van der Waals surface area contributed by atoms with Crippen molar-refractivity contribution in [1.82, 2.24) is 4.90 Å². The summed E-state index contributed by atoms with van der Waals surface area (Å²) in [6, 6.07) is 14.2. The van der Waals surface area contributed by atoms with E-state index in [9.17, 15) is 19.5 Å². The SMILES string of the molecule is O=C(O)c1ccc2c(c1)N(C(=O)CN1CCCC1)CC(=O)N2Cc1ccccc1. The predicted octanol–water partition coefficient (Wildman–Crippen LogP) is 2.36. The molecule has 1 saturated heterocycles. The molecule has 2 aromatic rings. The van der Waals surface area contributed by atoms with Crippen molar-refractivity contribution in [3.8, 4) is 0 Å². The molecule has 7 nitrogen and oxygen atoms in total. The molecule has 2 heterocycles. The third-order valence-electron chi connectivity index (χ3n) is 5.44. The molecule has 0 aliphatic carbocycles. The van der Waals surface area contributed by atoms with Crippen LogP contribution in [0, 0.1) is 0 Å². The van der Waals surface area contributed by atoms with Crippen LogP contribution in [-0.2, 0) is 16.1 Å². The van der Waals surface area contributed by atoms with E-state index in [1.807, 2.05) is 30.3 Å². The minimum absolute atomic E-state index is 0.0877. The van der Waals surface area contributed by atoms with Gasteiger partial charge in [-0.15, -0.1) is 0 Å². The first kappa shape index (κ1) is 19.1. The number of carboxylic acids is 1. The maximum atomic E-state index is 13.0. The Labute approximate surface area is 169 Å². The molecule has 0 spiro atoms. The van der Waals surface area contributed by atoms with Crippen molar-refractivity contribution < 1.29 is 19.5 Å². The highest BCUT2D eigenvalue weighted by atomic mass is 16.4. The van der Waals surface area contributed by atoms with Gasteiger partial charge < -0.3 is 10.0 Å². The topological polar surface area (TPSA) is 81.2 Å². The van der Waals surface area contributed by atoms with Crippen molar-refractivity contribution in [2.75, 3.05) is 36.0 Å². The van der Waals surface area contributed by atoms with Gasteiger partial charge in [0, 0.05) is 0 Å². The Hall–Kier alpha value is -3.19. The van der Waals surface area contributed by atoms with Gasteiger partial charge in [0.05, 0.1) is 30.0 Å². The van der Waals surface area contributed by atoms with E-state index < -0.39 is 5.97 Å². The minimum Gasteiger partial charge on any atom is -0.478 e. The number of amides is 2. The lowest BCUT2D eigenvalue weighted by Gasteiger charge is -2.37. The molecule has 0 radical (unpaired) electrons. The van der Waals surface area contributed by atoms with Gasteiger partial charge in [0.15, 0.2) is 0 Å². The Kier molecular flexibility index (Phi) is 5.31. The van der Waals surface area contributed by atoms with Gasteiger partial charge in [0.25, 0.3) is 0 Å². The molecule has 0 atom stereocenters. The minimum atomic E-state index is -1.06. The van der Waals surface area contributed by atoms with Crippen LogP contribution >= 0.6 is 0 Å². The Balaban J connectivity index is 1.68. The van der Waals surface area contributed by atoms with Crippen LogP contribution in [0.1, 0.15) is 28.8 Å². The van der Waals surface area contributed by atoms with Crippen molar-refractivity contribution in [2.24, 2.45) is 0 Å². The summed E-state index contributed by atoms with van der Waals surface area (Å²) in [6.07, 6.45) is 2.13. The Morgan fingerprint density at radius 1 is 0.966 bits per heavy atom. The molecule has 29 heavy (non-hydrogen) atoms. The van der Waals surface area contributed by atoms with Crippen LogP contribution in [0.5, 0.6) is 0 Å². The number of fused-ring (bicyclic) bond motifs is 1. The fraction of sp³-hybridized carbons (Fsp3) is 0.318. The number of carbonyl (C=O) groups is 3. The molecule has 0 bridgehead atoms. The third kappa shape index (κ3) is 4.00. The fourth-order valence-electron chi connectivity index (χ4n) is 3.92. The zero-order chi connectivity index (χ0) is 20.4. The maximum Gasteiger partial charge on any atom is 0.335 e. The second kappa shape index (κ2) is 8.05. The van der Waals surface area contributed by atoms with E-state index in [0.717, 1.165) is 31.5 Å². The molecule has 7 heteroatoms. The molecule has 4 rings (SSSR count). The zero-order valence-electron chi connectivity index (χ0n) is 16.1. The van der Waals surface area contributed by atoms with Crippen molar-refractivity contribution >= 4 is 29.2 Å². The van der Waals surface area contributed by atoms with E-state index >= 15 is 0 Å².